The molecule has 2 atom stereocenters. The molecule has 26 heavy (non-hydrogen) atoms. The molecule has 0 aromatic heterocycles. The average Bonchev–Trinajstić information content (AvgIpc) is 2.61. The highest BCUT2D eigenvalue weighted by atomic mass is 19.4. The van der Waals surface area contributed by atoms with Crippen LogP contribution in [0.15, 0.2) is 54.6 Å². The van der Waals surface area contributed by atoms with E-state index in [2.05, 4.69) is 0 Å². The van der Waals surface area contributed by atoms with Gasteiger partial charge >= 0.3 is 12.1 Å². The second-order valence-electron chi connectivity index (χ2n) is 5.97. The van der Waals surface area contributed by atoms with Gasteiger partial charge in [0.15, 0.2) is 0 Å². The summed E-state index contributed by atoms with van der Waals surface area (Å²) in [6.07, 6.45) is -4.59. The first kappa shape index (κ1) is 18.3. The number of hydrogen-bond donors (Lipinski definition) is 1. The lowest BCUT2D eigenvalue weighted by molar-refractivity contribution is -0.215. The van der Waals surface area contributed by atoms with Crippen LogP contribution in [-0.2, 0) is 11.0 Å². The number of carbonyl (C=O) groups excluding carboxylic acids is 1. The number of alkyl halides is 5. The van der Waals surface area contributed by atoms with Gasteiger partial charge in [-0.2, -0.15) is 22.0 Å². The first-order valence-corrected chi connectivity index (χ1v) is 7.71. The molecule has 1 aliphatic rings. The van der Waals surface area contributed by atoms with Crippen LogP contribution in [-0.4, -0.2) is 28.4 Å². The maximum Gasteiger partial charge on any atom is 0.416 e. The predicted molar refractivity (Wildman–Crippen MR) is 82.2 cm³/mol. The fraction of sp³-hybridized carbons (Fsp3) is 0.278. The molecular formula is C18H14F5NO2. The molecular weight excluding hydrogens is 357 g/mol. The monoisotopic (exact) mass is 371 g/mol. The van der Waals surface area contributed by atoms with Crippen LogP contribution in [0.25, 0.3) is 0 Å². The van der Waals surface area contributed by atoms with E-state index < -0.39 is 42.3 Å². The van der Waals surface area contributed by atoms with Gasteiger partial charge in [0.1, 0.15) is 6.04 Å². The van der Waals surface area contributed by atoms with Gasteiger partial charge in [0.2, 0.25) is 0 Å². The van der Waals surface area contributed by atoms with Crippen molar-refractivity contribution in [2.75, 3.05) is 6.61 Å². The Labute approximate surface area is 145 Å². The fourth-order valence-electron chi connectivity index (χ4n) is 3.09. The number of benzene rings is 2. The van der Waals surface area contributed by atoms with Gasteiger partial charge in [0.05, 0.1) is 18.2 Å². The SMILES string of the molecule is O=C1N([C@@H](CO)c2ccccc2)[C@@H](c2ccc(C(F)(F)F)cc2)C1(F)F. The number of rotatable bonds is 4. The summed E-state index contributed by atoms with van der Waals surface area (Å²) in [4.78, 5) is 12.8. The van der Waals surface area contributed by atoms with Crippen LogP contribution in [0.4, 0.5) is 22.0 Å². The van der Waals surface area contributed by atoms with E-state index in [0.29, 0.717) is 17.7 Å². The normalized spacial score (nSPS) is 20.6. The molecule has 1 N–H and O–H groups in total. The van der Waals surface area contributed by atoms with Crippen molar-refractivity contribution in [2.24, 2.45) is 0 Å². The van der Waals surface area contributed by atoms with Crippen LogP contribution in [0.3, 0.4) is 0 Å². The molecule has 0 spiro atoms. The summed E-state index contributed by atoms with van der Waals surface area (Å²) < 4.78 is 66.4. The minimum Gasteiger partial charge on any atom is -0.394 e. The Bertz CT molecular complexity index is 789. The number of aliphatic hydroxyl groups excluding tert-OH is 1. The lowest BCUT2D eigenvalue weighted by atomic mass is 9.86. The molecule has 8 heteroatoms. The Balaban J connectivity index is 1.97. The third-order valence-electron chi connectivity index (χ3n) is 4.39. The summed E-state index contributed by atoms with van der Waals surface area (Å²) in [6, 6.07) is 8.61. The summed E-state index contributed by atoms with van der Waals surface area (Å²) in [7, 11) is 0. The molecule has 0 bridgehead atoms. The highest BCUT2D eigenvalue weighted by Crippen LogP contribution is 2.51. The van der Waals surface area contributed by atoms with Gasteiger partial charge < -0.3 is 10.0 Å². The van der Waals surface area contributed by atoms with Crippen molar-refractivity contribution in [3.8, 4) is 0 Å². The molecule has 0 radical (unpaired) electrons. The molecule has 138 valence electrons. The van der Waals surface area contributed by atoms with E-state index in [1.54, 1.807) is 30.3 Å². The van der Waals surface area contributed by atoms with Crippen LogP contribution in [0, 0.1) is 0 Å². The zero-order valence-corrected chi connectivity index (χ0v) is 13.3. The average molecular weight is 371 g/mol. The Morgan fingerprint density at radius 3 is 2.12 bits per heavy atom. The van der Waals surface area contributed by atoms with Gasteiger partial charge in [-0.15, -0.1) is 0 Å². The van der Waals surface area contributed by atoms with Gasteiger partial charge in [0, 0.05) is 0 Å². The lowest BCUT2D eigenvalue weighted by Gasteiger charge is -2.50. The van der Waals surface area contributed by atoms with Crippen molar-refractivity contribution in [1.82, 2.24) is 4.90 Å². The van der Waals surface area contributed by atoms with Gasteiger partial charge in [-0.25, -0.2) is 0 Å². The smallest absolute Gasteiger partial charge is 0.394 e. The Morgan fingerprint density at radius 1 is 1.04 bits per heavy atom. The van der Waals surface area contributed by atoms with Crippen molar-refractivity contribution in [1.29, 1.82) is 0 Å². The molecule has 2 aromatic carbocycles. The number of likely N-dealkylation sites (tertiary alicyclic amines) is 1. The largest absolute Gasteiger partial charge is 0.416 e. The number of aliphatic hydroxyl groups is 1. The maximum absolute atomic E-state index is 14.2. The van der Waals surface area contributed by atoms with E-state index in [-0.39, 0.29) is 5.56 Å². The van der Waals surface area contributed by atoms with Crippen molar-refractivity contribution in [3.05, 3.63) is 71.3 Å². The van der Waals surface area contributed by atoms with E-state index >= 15 is 0 Å². The van der Waals surface area contributed by atoms with Crippen molar-refractivity contribution < 1.29 is 31.9 Å². The summed E-state index contributed by atoms with van der Waals surface area (Å²) in [5, 5.41) is 9.63. The number of amides is 1. The van der Waals surface area contributed by atoms with Crippen LogP contribution >= 0.6 is 0 Å². The van der Waals surface area contributed by atoms with Gasteiger partial charge in [-0.05, 0) is 23.3 Å². The van der Waals surface area contributed by atoms with Crippen molar-refractivity contribution >= 4 is 5.91 Å². The minimum atomic E-state index is -4.59. The fourth-order valence-corrected chi connectivity index (χ4v) is 3.09. The highest BCUT2D eigenvalue weighted by Gasteiger charge is 2.65. The maximum atomic E-state index is 14.2. The lowest BCUT2D eigenvalue weighted by Crippen LogP contribution is -2.64. The van der Waals surface area contributed by atoms with Crippen LogP contribution in [0.5, 0.6) is 0 Å². The molecule has 1 amide bonds. The summed E-state index contributed by atoms with van der Waals surface area (Å²) in [6.45, 7) is -0.594. The van der Waals surface area contributed by atoms with E-state index in [1.165, 1.54) is 0 Å². The highest BCUT2D eigenvalue weighted by molar-refractivity contribution is 5.92. The summed E-state index contributed by atoms with van der Waals surface area (Å²) in [5.41, 5.74) is -0.642. The predicted octanol–water partition coefficient (Wildman–Crippen LogP) is 3.96. The number of β-lactam (4-membered cyclic amide) rings is 1. The van der Waals surface area contributed by atoms with Crippen molar-refractivity contribution in [2.45, 2.75) is 24.2 Å². The van der Waals surface area contributed by atoms with E-state index in [0.717, 1.165) is 17.0 Å². The van der Waals surface area contributed by atoms with Crippen LogP contribution in [0.2, 0.25) is 0 Å². The third kappa shape index (κ3) is 2.94. The number of carbonyl (C=O) groups is 1. The Morgan fingerprint density at radius 2 is 1.62 bits per heavy atom. The Hall–Kier alpha value is -2.48. The second-order valence-corrected chi connectivity index (χ2v) is 5.97. The molecule has 2 aromatic rings. The first-order chi connectivity index (χ1) is 12.2. The molecule has 3 nitrogen and oxygen atoms in total. The van der Waals surface area contributed by atoms with E-state index in [1.807, 2.05) is 0 Å². The van der Waals surface area contributed by atoms with Crippen LogP contribution < -0.4 is 0 Å². The number of nitrogens with zero attached hydrogens (tertiary/aromatic N) is 1. The molecule has 1 aliphatic heterocycles. The molecule has 1 saturated heterocycles. The zero-order chi connectivity index (χ0) is 19.1. The molecule has 0 unspecified atom stereocenters. The molecule has 1 fully saturated rings. The quantitative estimate of drug-likeness (QED) is 0.653. The molecule has 1 heterocycles. The first-order valence-electron chi connectivity index (χ1n) is 7.71. The minimum absolute atomic E-state index is 0.128. The molecule has 0 saturated carbocycles. The Kier molecular flexibility index (Phi) is 4.47. The van der Waals surface area contributed by atoms with Gasteiger partial charge in [-0.1, -0.05) is 42.5 Å². The van der Waals surface area contributed by atoms with Crippen LogP contribution in [0.1, 0.15) is 28.8 Å². The van der Waals surface area contributed by atoms with E-state index in [9.17, 15) is 31.9 Å². The summed E-state index contributed by atoms with van der Waals surface area (Å²) >= 11 is 0. The number of halogens is 5. The standard InChI is InChI=1S/C18H14F5NO2/c19-17(20)15(12-6-8-13(9-7-12)18(21,22)23)24(16(17)26)14(10-25)11-4-2-1-3-5-11/h1-9,14-15,25H,10H2/t14-,15-/m0/s1. The summed E-state index contributed by atoms with van der Waals surface area (Å²) in [5.74, 6) is -5.22. The second kappa shape index (κ2) is 6.35. The molecule has 3 rings (SSSR count). The van der Waals surface area contributed by atoms with Gasteiger partial charge in [-0.3, -0.25) is 4.79 Å². The number of hydrogen-bond acceptors (Lipinski definition) is 2. The van der Waals surface area contributed by atoms with E-state index in [4.69, 9.17) is 0 Å². The topological polar surface area (TPSA) is 40.5 Å². The third-order valence-corrected chi connectivity index (χ3v) is 4.39. The molecule has 0 aliphatic carbocycles. The zero-order valence-electron chi connectivity index (χ0n) is 13.3. The van der Waals surface area contributed by atoms with Crippen molar-refractivity contribution in [3.63, 3.8) is 0 Å². The van der Waals surface area contributed by atoms with Gasteiger partial charge in [0.25, 0.3) is 5.91 Å².